The lowest BCUT2D eigenvalue weighted by atomic mass is 10.1. The van der Waals surface area contributed by atoms with Crippen LogP contribution in [0.15, 0.2) is 6.33 Å². The number of hydrogen-bond acceptors (Lipinski definition) is 5. The Hall–Kier alpha value is -1.85. The molecule has 1 fully saturated rings. The Balaban J connectivity index is 1.98. The first-order valence-corrected chi connectivity index (χ1v) is 7.29. The largest absolute Gasteiger partial charge is 0.373 e. The van der Waals surface area contributed by atoms with E-state index in [0.29, 0.717) is 6.54 Å². The zero-order valence-corrected chi connectivity index (χ0v) is 12.3. The number of aromatic nitrogens is 2. The molecule has 2 N–H and O–H groups in total. The molecule has 20 heavy (non-hydrogen) atoms. The highest BCUT2D eigenvalue weighted by molar-refractivity contribution is 5.81. The van der Waals surface area contributed by atoms with Gasteiger partial charge < -0.3 is 15.5 Å². The SMILES string of the molecule is CCc1c(NC)ncnc1NCC(=O)N1CCCCC1. The monoisotopic (exact) mass is 277 g/mol. The predicted octanol–water partition coefficient (Wildman–Crippen LogP) is 1.51. The first kappa shape index (κ1) is 14.6. The van der Waals surface area contributed by atoms with Gasteiger partial charge in [-0.25, -0.2) is 9.97 Å². The molecule has 2 rings (SSSR count). The number of amides is 1. The van der Waals surface area contributed by atoms with Crippen molar-refractivity contribution in [3.8, 4) is 0 Å². The summed E-state index contributed by atoms with van der Waals surface area (Å²) in [7, 11) is 1.84. The van der Waals surface area contributed by atoms with E-state index in [1.54, 1.807) is 0 Å². The van der Waals surface area contributed by atoms with E-state index >= 15 is 0 Å². The maximum absolute atomic E-state index is 12.1. The van der Waals surface area contributed by atoms with Gasteiger partial charge in [0.05, 0.1) is 6.54 Å². The molecule has 0 radical (unpaired) electrons. The minimum absolute atomic E-state index is 0.149. The smallest absolute Gasteiger partial charge is 0.241 e. The summed E-state index contributed by atoms with van der Waals surface area (Å²) in [5.41, 5.74) is 1.02. The van der Waals surface area contributed by atoms with E-state index < -0.39 is 0 Å². The van der Waals surface area contributed by atoms with Crippen LogP contribution in [0, 0.1) is 0 Å². The van der Waals surface area contributed by atoms with E-state index in [4.69, 9.17) is 0 Å². The van der Waals surface area contributed by atoms with Crippen LogP contribution in [-0.2, 0) is 11.2 Å². The summed E-state index contributed by atoms with van der Waals surface area (Å²) < 4.78 is 0. The number of likely N-dealkylation sites (tertiary alicyclic amines) is 1. The van der Waals surface area contributed by atoms with Gasteiger partial charge in [-0.3, -0.25) is 4.79 Å². The highest BCUT2D eigenvalue weighted by atomic mass is 16.2. The molecule has 1 aromatic heterocycles. The first-order chi connectivity index (χ1) is 9.76. The third kappa shape index (κ3) is 3.37. The molecule has 1 aliphatic rings. The lowest BCUT2D eigenvalue weighted by Gasteiger charge is -2.27. The lowest BCUT2D eigenvalue weighted by Crippen LogP contribution is -2.39. The number of carbonyl (C=O) groups excluding carboxylic acids is 1. The van der Waals surface area contributed by atoms with Crippen molar-refractivity contribution in [2.45, 2.75) is 32.6 Å². The van der Waals surface area contributed by atoms with Crippen molar-refractivity contribution in [3.05, 3.63) is 11.9 Å². The highest BCUT2D eigenvalue weighted by Gasteiger charge is 2.17. The number of hydrogen-bond donors (Lipinski definition) is 2. The second-order valence-electron chi connectivity index (χ2n) is 4.95. The molecule has 0 aliphatic carbocycles. The molecule has 1 aromatic rings. The van der Waals surface area contributed by atoms with Gasteiger partial charge in [0.1, 0.15) is 18.0 Å². The summed E-state index contributed by atoms with van der Waals surface area (Å²) in [6.45, 7) is 4.11. The Morgan fingerprint density at radius 2 is 1.95 bits per heavy atom. The fraction of sp³-hybridized carbons (Fsp3) is 0.643. The van der Waals surface area contributed by atoms with Crippen LogP contribution in [0.3, 0.4) is 0 Å². The van der Waals surface area contributed by atoms with Gasteiger partial charge in [0, 0.05) is 25.7 Å². The van der Waals surface area contributed by atoms with Gasteiger partial charge in [0.15, 0.2) is 0 Å². The van der Waals surface area contributed by atoms with Crippen LogP contribution in [-0.4, -0.2) is 47.5 Å². The summed E-state index contributed by atoms with van der Waals surface area (Å²) >= 11 is 0. The maximum Gasteiger partial charge on any atom is 0.241 e. The number of piperidine rings is 1. The minimum Gasteiger partial charge on any atom is -0.373 e. The van der Waals surface area contributed by atoms with E-state index in [1.807, 2.05) is 11.9 Å². The average Bonchev–Trinajstić information content (AvgIpc) is 2.52. The molecule has 2 heterocycles. The Kier molecular flexibility index (Phi) is 5.15. The molecule has 0 unspecified atom stereocenters. The number of nitrogens with one attached hydrogen (secondary N) is 2. The zero-order chi connectivity index (χ0) is 14.4. The molecular formula is C14H23N5O. The molecule has 0 saturated carbocycles. The Bertz CT molecular complexity index is 457. The van der Waals surface area contributed by atoms with E-state index in [2.05, 4.69) is 27.5 Å². The molecule has 1 saturated heterocycles. The van der Waals surface area contributed by atoms with E-state index in [1.165, 1.54) is 12.7 Å². The lowest BCUT2D eigenvalue weighted by molar-refractivity contribution is -0.130. The molecule has 1 aliphatic heterocycles. The van der Waals surface area contributed by atoms with Crippen LogP contribution < -0.4 is 10.6 Å². The summed E-state index contributed by atoms with van der Waals surface area (Å²) in [5.74, 6) is 1.71. The third-order valence-corrected chi connectivity index (χ3v) is 3.65. The molecule has 6 nitrogen and oxygen atoms in total. The fourth-order valence-electron chi connectivity index (χ4n) is 2.53. The van der Waals surface area contributed by atoms with Crippen molar-refractivity contribution < 1.29 is 4.79 Å². The molecule has 6 heteroatoms. The number of carbonyl (C=O) groups is 1. The second kappa shape index (κ2) is 7.07. The molecule has 110 valence electrons. The molecule has 0 bridgehead atoms. The number of nitrogens with zero attached hydrogens (tertiary/aromatic N) is 3. The van der Waals surface area contributed by atoms with Gasteiger partial charge >= 0.3 is 0 Å². The highest BCUT2D eigenvalue weighted by Crippen LogP contribution is 2.19. The third-order valence-electron chi connectivity index (χ3n) is 3.65. The van der Waals surface area contributed by atoms with Crippen LogP contribution in [0.5, 0.6) is 0 Å². The fourth-order valence-corrected chi connectivity index (χ4v) is 2.53. The van der Waals surface area contributed by atoms with Gasteiger partial charge in [-0.05, 0) is 25.7 Å². The maximum atomic E-state index is 12.1. The van der Waals surface area contributed by atoms with Crippen molar-refractivity contribution in [1.29, 1.82) is 0 Å². The quantitative estimate of drug-likeness (QED) is 0.853. The van der Waals surface area contributed by atoms with Crippen LogP contribution in [0.25, 0.3) is 0 Å². The summed E-state index contributed by atoms with van der Waals surface area (Å²) in [5, 5.41) is 6.21. The first-order valence-electron chi connectivity index (χ1n) is 7.29. The Morgan fingerprint density at radius 1 is 1.25 bits per heavy atom. The van der Waals surface area contributed by atoms with Gasteiger partial charge in [0.2, 0.25) is 5.91 Å². The predicted molar refractivity (Wildman–Crippen MR) is 79.9 cm³/mol. The number of anilines is 2. The summed E-state index contributed by atoms with van der Waals surface area (Å²) in [6, 6.07) is 0. The average molecular weight is 277 g/mol. The Labute approximate surface area is 120 Å². The van der Waals surface area contributed by atoms with Crippen LogP contribution in [0.4, 0.5) is 11.6 Å². The summed E-state index contributed by atoms with van der Waals surface area (Å²) in [6.07, 6.45) is 5.79. The van der Waals surface area contributed by atoms with Crippen LogP contribution >= 0.6 is 0 Å². The van der Waals surface area contributed by atoms with Crippen molar-refractivity contribution in [2.24, 2.45) is 0 Å². The summed E-state index contributed by atoms with van der Waals surface area (Å²) in [4.78, 5) is 22.5. The minimum atomic E-state index is 0.149. The molecule has 0 spiro atoms. The van der Waals surface area contributed by atoms with E-state index in [0.717, 1.165) is 49.6 Å². The normalized spacial score (nSPS) is 15.0. The van der Waals surface area contributed by atoms with Crippen LogP contribution in [0.2, 0.25) is 0 Å². The van der Waals surface area contributed by atoms with Crippen LogP contribution in [0.1, 0.15) is 31.7 Å². The van der Waals surface area contributed by atoms with E-state index in [-0.39, 0.29) is 5.91 Å². The van der Waals surface area contributed by atoms with Gasteiger partial charge in [0.25, 0.3) is 0 Å². The van der Waals surface area contributed by atoms with Crippen molar-refractivity contribution in [3.63, 3.8) is 0 Å². The standard InChI is InChI=1S/C14H23N5O/c1-3-11-13(15-2)17-10-18-14(11)16-9-12(20)19-7-5-4-6-8-19/h10H,3-9H2,1-2H3,(H2,15,16,17,18). The van der Waals surface area contributed by atoms with Gasteiger partial charge in [-0.2, -0.15) is 0 Å². The Morgan fingerprint density at radius 3 is 2.60 bits per heavy atom. The molecule has 0 atom stereocenters. The zero-order valence-electron chi connectivity index (χ0n) is 12.3. The topological polar surface area (TPSA) is 70.1 Å². The molecule has 1 amide bonds. The van der Waals surface area contributed by atoms with Crippen molar-refractivity contribution in [1.82, 2.24) is 14.9 Å². The second-order valence-corrected chi connectivity index (χ2v) is 4.95. The number of rotatable bonds is 5. The van der Waals surface area contributed by atoms with E-state index in [9.17, 15) is 4.79 Å². The van der Waals surface area contributed by atoms with Gasteiger partial charge in [-0.15, -0.1) is 0 Å². The van der Waals surface area contributed by atoms with Crippen molar-refractivity contribution in [2.75, 3.05) is 37.3 Å². The molecular weight excluding hydrogens is 254 g/mol. The molecule has 0 aromatic carbocycles. The van der Waals surface area contributed by atoms with Gasteiger partial charge in [-0.1, -0.05) is 6.92 Å². The van der Waals surface area contributed by atoms with Crippen molar-refractivity contribution >= 4 is 17.5 Å².